The highest BCUT2D eigenvalue weighted by molar-refractivity contribution is 6.15. The lowest BCUT2D eigenvalue weighted by Gasteiger charge is -2.34. The second-order valence-corrected chi connectivity index (χ2v) is 6.08. The van der Waals surface area contributed by atoms with Crippen LogP contribution in [-0.4, -0.2) is 50.1 Å². The Morgan fingerprint density at radius 2 is 1.95 bits per heavy atom. The fraction of sp³-hybridized carbons (Fsp3) is 0.500. The van der Waals surface area contributed by atoms with Crippen LogP contribution in [0.25, 0.3) is 4.85 Å². The lowest BCUT2D eigenvalue weighted by Crippen LogP contribution is -3.12. The summed E-state index contributed by atoms with van der Waals surface area (Å²) in [6, 6.07) is 6.86. The predicted octanol–water partition coefficient (Wildman–Crippen LogP) is 0.810. The lowest BCUT2D eigenvalue weighted by molar-refractivity contribution is -0.883. The van der Waals surface area contributed by atoms with Gasteiger partial charge in [0, 0.05) is 5.92 Å². The van der Waals surface area contributed by atoms with Crippen LogP contribution in [0, 0.1) is 6.57 Å². The van der Waals surface area contributed by atoms with Crippen molar-refractivity contribution in [2.45, 2.75) is 18.9 Å². The quantitative estimate of drug-likeness (QED) is 0.636. The zero-order valence-corrected chi connectivity index (χ0v) is 13.7. The molecule has 118 valence electrons. The topological polar surface area (TPSA) is 41.1 Å². The van der Waals surface area contributed by atoms with Gasteiger partial charge in [-0.2, -0.15) is 0 Å². The zero-order chi connectivity index (χ0) is 16.1. The van der Waals surface area contributed by atoms with Crippen molar-refractivity contribution < 1.29 is 9.69 Å². The fourth-order valence-electron chi connectivity index (χ4n) is 2.71. The first-order valence-electron chi connectivity index (χ1n) is 7.50. The molecule has 5 nitrogen and oxygen atoms in total. The Morgan fingerprint density at radius 3 is 2.45 bits per heavy atom. The van der Waals surface area contributed by atoms with Crippen LogP contribution >= 0.6 is 11.8 Å². The van der Waals surface area contributed by atoms with E-state index in [-0.39, 0.29) is 11.8 Å². The summed E-state index contributed by atoms with van der Waals surface area (Å²) in [4.78, 5) is 22.1. The molecule has 1 aliphatic heterocycles. The third-order valence-electron chi connectivity index (χ3n) is 4.36. The van der Waals surface area contributed by atoms with E-state index in [1.165, 1.54) is 4.90 Å². The van der Waals surface area contributed by atoms with E-state index in [1.807, 2.05) is 24.0 Å². The minimum atomic E-state index is -0.459. The second-order valence-electron chi connectivity index (χ2n) is 5.86. The van der Waals surface area contributed by atoms with Crippen LogP contribution in [0.1, 0.15) is 18.4 Å². The summed E-state index contributed by atoms with van der Waals surface area (Å²) in [6.07, 6.45) is 0. The summed E-state index contributed by atoms with van der Waals surface area (Å²) in [5.41, 5.74) is 1.60. The number of carbonyl (C=O) groups is 1. The van der Waals surface area contributed by atoms with Gasteiger partial charge < -0.3 is 9.80 Å². The Hall–Kier alpha value is -1.61. The minimum absolute atomic E-state index is 0.0456. The summed E-state index contributed by atoms with van der Waals surface area (Å²) in [5.74, 6) is -0.0129. The summed E-state index contributed by atoms with van der Waals surface area (Å²) >= 11 is 5.86. The standard InChI is InChI=1S/C16H21ClN4O/c1-12(13-4-6-14(18-2)7-5-13)15(19-17)16(22)21-10-8-20(3)9-11-21/h4-7,12,15,19H,8-11H2,1,3H3/p+1/t12?,15-/m1/s1. The molecule has 0 saturated carbocycles. The summed E-state index contributed by atoms with van der Waals surface area (Å²) in [6.45, 7) is 12.4. The molecule has 1 unspecified atom stereocenters. The Morgan fingerprint density at radius 1 is 1.36 bits per heavy atom. The normalized spacial score (nSPS) is 18.5. The number of amides is 1. The fourth-order valence-corrected chi connectivity index (χ4v) is 2.99. The minimum Gasteiger partial charge on any atom is -0.334 e. The maximum absolute atomic E-state index is 12.7. The Balaban J connectivity index is 2.09. The number of likely N-dealkylation sites (N-methyl/N-ethyl adjacent to an activating group) is 1. The van der Waals surface area contributed by atoms with Gasteiger partial charge in [-0.05, 0) is 17.3 Å². The van der Waals surface area contributed by atoms with Crippen molar-refractivity contribution in [3.8, 4) is 0 Å². The molecule has 0 radical (unpaired) electrons. The van der Waals surface area contributed by atoms with Gasteiger partial charge in [-0.1, -0.05) is 31.2 Å². The molecular weight excluding hydrogens is 300 g/mol. The molecule has 22 heavy (non-hydrogen) atoms. The Labute approximate surface area is 136 Å². The third-order valence-corrected chi connectivity index (χ3v) is 4.60. The van der Waals surface area contributed by atoms with Gasteiger partial charge in [-0.3, -0.25) is 4.79 Å². The van der Waals surface area contributed by atoms with Crippen LogP contribution in [0.3, 0.4) is 0 Å². The van der Waals surface area contributed by atoms with Gasteiger partial charge in [0.15, 0.2) is 5.69 Å². The Bertz CT molecular complexity index is 546. The number of piperazine rings is 1. The predicted molar refractivity (Wildman–Crippen MR) is 87.1 cm³/mol. The van der Waals surface area contributed by atoms with Gasteiger partial charge in [0.05, 0.1) is 39.8 Å². The smallest absolute Gasteiger partial charge is 0.242 e. The molecule has 1 aromatic rings. The number of benzene rings is 1. The van der Waals surface area contributed by atoms with Gasteiger partial charge in [0.2, 0.25) is 5.91 Å². The maximum atomic E-state index is 12.7. The largest absolute Gasteiger partial charge is 0.334 e. The van der Waals surface area contributed by atoms with Crippen LogP contribution in [0.15, 0.2) is 24.3 Å². The first kappa shape index (κ1) is 16.8. The number of rotatable bonds is 4. The molecule has 1 aromatic carbocycles. The van der Waals surface area contributed by atoms with E-state index < -0.39 is 6.04 Å². The van der Waals surface area contributed by atoms with Gasteiger partial charge in [-0.25, -0.2) is 9.68 Å². The van der Waals surface area contributed by atoms with E-state index in [0.29, 0.717) is 5.69 Å². The van der Waals surface area contributed by atoms with Crippen molar-refractivity contribution in [1.82, 2.24) is 9.74 Å². The SMILES string of the molecule is [C-]#[N+]c1ccc(C(C)[C@@H](NCl)C(=O)N2CC[NH+](C)CC2)cc1. The number of nitrogens with zero attached hydrogens (tertiary/aromatic N) is 2. The molecule has 0 aliphatic carbocycles. The highest BCUT2D eigenvalue weighted by Crippen LogP contribution is 2.24. The monoisotopic (exact) mass is 321 g/mol. The summed E-state index contributed by atoms with van der Waals surface area (Å²) < 4.78 is 0. The van der Waals surface area contributed by atoms with Crippen LogP contribution in [0.2, 0.25) is 0 Å². The van der Waals surface area contributed by atoms with Crippen molar-refractivity contribution in [2.75, 3.05) is 33.2 Å². The molecule has 2 N–H and O–H groups in total. The van der Waals surface area contributed by atoms with Crippen molar-refractivity contribution in [2.24, 2.45) is 0 Å². The molecule has 0 spiro atoms. The molecule has 1 aliphatic rings. The van der Waals surface area contributed by atoms with Crippen LogP contribution in [0.4, 0.5) is 5.69 Å². The molecule has 1 amide bonds. The number of nitrogens with one attached hydrogen (secondary N) is 2. The van der Waals surface area contributed by atoms with Crippen LogP contribution in [-0.2, 0) is 4.79 Å². The van der Waals surface area contributed by atoms with E-state index in [4.69, 9.17) is 18.3 Å². The van der Waals surface area contributed by atoms with Gasteiger partial charge in [-0.15, -0.1) is 0 Å². The van der Waals surface area contributed by atoms with Crippen LogP contribution < -0.4 is 9.74 Å². The van der Waals surface area contributed by atoms with Crippen molar-refractivity contribution >= 4 is 23.4 Å². The molecule has 2 rings (SSSR count). The zero-order valence-electron chi connectivity index (χ0n) is 13.0. The maximum Gasteiger partial charge on any atom is 0.242 e. The average Bonchev–Trinajstić information content (AvgIpc) is 2.56. The van der Waals surface area contributed by atoms with Crippen molar-refractivity contribution in [3.05, 3.63) is 41.2 Å². The van der Waals surface area contributed by atoms with Gasteiger partial charge in [0.25, 0.3) is 0 Å². The molecule has 0 aromatic heterocycles. The van der Waals surface area contributed by atoms with E-state index in [2.05, 4.69) is 16.7 Å². The number of hydrogen-bond donors (Lipinski definition) is 2. The van der Waals surface area contributed by atoms with Crippen LogP contribution in [0.5, 0.6) is 0 Å². The molecule has 1 heterocycles. The van der Waals surface area contributed by atoms with Crippen molar-refractivity contribution in [3.63, 3.8) is 0 Å². The van der Waals surface area contributed by atoms with E-state index in [1.54, 1.807) is 12.1 Å². The molecule has 6 heteroatoms. The number of carbonyl (C=O) groups excluding carboxylic acids is 1. The third kappa shape index (κ3) is 3.77. The van der Waals surface area contributed by atoms with E-state index in [0.717, 1.165) is 31.7 Å². The van der Waals surface area contributed by atoms with Crippen molar-refractivity contribution in [1.29, 1.82) is 0 Å². The van der Waals surface area contributed by atoms with Gasteiger partial charge in [0.1, 0.15) is 6.04 Å². The molecular formula is C16H22ClN4O+. The Kier molecular flexibility index (Phi) is 5.78. The molecule has 0 bridgehead atoms. The summed E-state index contributed by atoms with van der Waals surface area (Å²) in [5, 5.41) is 0. The highest BCUT2D eigenvalue weighted by atomic mass is 35.5. The first-order chi connectivity index (χ1) is 10.6. The lowest BCUT2D eigenvalue weighted by atomic mass is 9.92. The van der Waals surface area contributed by atoms with E-state index in [9.17, 15) is 4.79 Å². The van der Waals surface area contributed by atoms with Gasteiger partial charge >= 0.3 is 0 Å². The number of halogens is 1. The number of hydrogen-bond acceptors (Lipinski definition) is 2. The molecule has 1 fully saturated rings. The average molecular weight is 322 g/mol. The van der Waals surface area contributed by atoms with E-state index >= 15 is 0 Å². The molecule has 2 atom stereocenters. The highest BCUT2D eigenvalue weighted by Gasteiger charge is 2.31. The number of quaternary nitrogens is 1. The summed E-state index contributed by atoms with van der Waals surface area (Å²) in [7, 11) is 2.14. The first-order valence-corrected chi connectivity index (χ1v) is 7.88. The second kappa shape index (κ2) is 7.59. The molecule has 1 saturated heterocycles.